The lowest BCUT2D eigenvalue weighted by Gasteiger charge is -2.34. The SMILES string of the molecule is Cc1cc(C)c2nc(N3CCN(CCNC(=O)CSc4ccccc4)CC3)sc2c1. The minimum Gasteiger partial charge on any atom is -0.354 e. The number of benzene rings is 2. The van der Waals surface area contributed by atoms with Crippen molar-refractivity contribution in [2.24, 2.45) is 0 Å². The maximum atomic E-state index is 12.1. The van der Waals surface area contributed by atoms with Gasteiger partial charge in [-0.1, -0.05) is 35.6 Å². The van der Waals surface area contributed by atoms with Crippen molar-refractivity contribution in [2.45, 2.75) is 18.7 Å². The summed E-state index contributed by atoms with van der Waals surface area (Å²) in [6.07, 6.45) is 0. The average Bonchev–Trinajstić information content (AvgIpc) is 3.18. The van der Waals surface area contributed by atoms with Gasteiger partial charge in [0.05, 0.1) is 16.0 Å². The molecule has 0 saturated carbocycles. The Labute approximate surface area is 186 Å². The quantitative estimate of drug-likeness (QED) is 0.564. The molecule has 2 aromatic carbocycles. The molecule has 0 atom stereocenters. The van der Waals surface area contributed by atoms with Gasteiger partial charge in [-0.2, -0.15) is 0 Å². The van der Waals surface area contributed by atoms with E-state index in [1.807, 2.05) is 30.3 Å². The molecule has 5 nitrogen and oxygen atoms in total. The summed E-state index contributed by atoms with van der Waals surface area (Å²) in [4.78, 5) is 22.9. The number of carbonyl (C=O) groups is 1. The zero-order valence-electron chi connectivity index (χ0n) is 17.6. The summed E-state index contributed by atoms with van der Waals surface area (Å²) in [5.41, 5.74) is 3.69. The van der Waals surface area contributed by atoms with E-state index in [4.69, 9.17) is 4.98 Å². The first kappa shape index (κ1) is 21.2. The number of nitrogens with one attached hydrogen (secondary N) is 1. The van der Waals surface area contributed by atoms with Gasteiger partial charge in [0.25, 0.3) is 0 Å². The monoisotopic (exact) mass is 440 g/mol. The molecule has 1 saturated heterocycles. The van der Waals surface area contributed by atoms with E-state index in [-0.39, 0.29) is 5.91 Å². The van der Waals surface area contributed by atoms with E-state index >= 15 is 0 Å². The Morgan fingerprint density at radius 2 is 1.90 bits per heavy atom. The van der Waals surface area contributed by atoms with Crippen LogP contribution in [0.5, 0.6) is 0 Å². The molecule has 1 aliphatic heterocycles. The number of aryl methyl sites for hydroxylation is 2. The van der Waals surface area contributed by atoms with E-state index in [9.17, 15) is 4.79 Å². The highest BCUT2D eigenvalue weighted by Crippen LogP contribution is 2.32. The number of thiazole rings is 1. The number of nitrogens with zero attached hydrogens (tertiary/aromatic N) is 3. The fraction of sp³-hybridized carbons (Fsp3) is 0.391. The van der Waals surface area contributed by atoms with E-state index in [1.54, 1.807) is 23.1 Å². The highest BCUT2D eigenvalue weighted by molar-refractivity contribution is 8.00. The van der Waals surface area contributed by atoms with Crippen molar-refractivity contribution in [1.29, 1.82) is 0 Å². The maximum absolute atomic E-state index is 12.1. The summed E-state index contributed by atoms with van der Waals surface area (Å²) in [5, 5.41) is 4.18. The average molecular weight is 441 g/mol. The third-order valence-electron chi connectivity index (χ3n) is 5.32. The van der Waals surface area contributed by atoms with Gasteiger partial charge in [-0.3, -0.25) is 9.69 Å². The van der Waals surface area contributed by atoms with Gasteiger partial charge >= 0.3 is 0 Å². The second-order valence-corrected chi connectivity index (χ2v) is 9.76. The van der Waals surface area contributed by atoms with Gasteiger partial charge < -0.3 is 10.2 Å². The molecule has 158 valence electrons. The van der Waals surface area contributed by atoms with Crippen LogP contribution in [-0.4, -0.2) is 60.8 Å². The molecular weight excluding hydrogens is 412 g/mol. The van der Waals surface area contributed by atoms with Crippen LogP contribution in [0, 0.1) is 13.8 Å². The molecule has 0 aliphatic carbocycles. The van der Waals surface area contributed by atoms with Crippen LogP contribution in [0.2, 0.25) is 0 Å². The number of piperazine rings is 1. The number of amides is 1. The van der Waals surface area contributed by atoms with E-state index in [0.29, 0.717) is 12.3 Å². The van der Waals surface area contributed by atoms with E-state index in [1.165, 1.54) is 15.8 Å². The summed E-state index contributed by atoms with van der Waals surface area (Å²) < 4.78 is 1.28. The number of fused-ring (bicyclic) bond motifs is 1. The van der Waals surface area contributed by atoms with Gasteiger partial charge in [0.1, 0.15) is 0 Å². The first-order valence-electron chi connectivity index (χ1n) is 10.4. The molecule has 0 bridgehead atoms. The number of hydrogen-bond donors (Lipinski definition) is 1. The minimum atomic E-state index is 0.0997. The zero-order valence-corrected chi connectivity index (χ0v) is 19.2. The summed E-state index contributed by atoms with van der Waals surface area (Å²) in [7, 11) is 0. The highest BCUT2D eigenvalue weighted by Gasteiger charge is 2.20. The lowest BCUT2D eigenvalue weighted by Crippen LogP contribution is -2.48. The van der Waals surface area contributed by atoms with E-state index in [0.717, 1.165) is 48.3 Å². The molecule has 0 unspecified atom stereocenters. The van der Waals surface area contributed by atoms with Gasteiger partial charge in [0, 0.05) is 44.2 Å². The maximum Gasteiger partial charge on any atom is 0.230 e. The molecule has 3 aromatic rings. The van der Waals surface area contributed by atoms with Crippen molar-refractivity contribution in [3.63, 3.8) is 0 Å². The number of aromatic nitrogens is 1. The smallest absolute Gasteiger partial charge is 0.230 e. The van der Waals surface area contributed by atoms with Gasteiger partial charge in [0.15, 0.2) is 5.13 Å². The summed E-state index contributed by atoms with van der Waals surface area (Å²) in [6.45, 7) is 9.85. The molecular formula is C23H28N4OS2. The fourth-order valence-electron chi connectivity index (χ4n) is 3.73. The van der Waals surface area contributed by atoms with Crippen LogP contribution in [0.4, 0.5) is 5.13 Å². The second kappa shape index (κ2) is 9.81. The van der Waals surface area contributed by atoms with Crippen molar-refractivity contribution >= 4 is 44.4 Å². The Hall–Kier alpha value is -2.09. The third kappa shape index (κ3) is 5.33. The summed E-state index contributed by atoms with van der Waals surface area (Å²) in [6, 6.07) is 14.5. The first-order valence-corrected chi connectivity index (χ1v) is 12.2. The number of anilines is 1. The molecule has 1 amide bonds. The molecule has 30 heavy (non-hydrogen) atoms. The minimum absolute atomic E-state index is 0.0997. The van der Waals surface area contributed by atoms with Gasteiger partial charge in [0.2, 0.25) is 5.91 Å². The molecule has 1 N–H and O–H groups in total. The Kier molecular flexibility index (Phi) is 6.92. The van der Waals surface area contributed by atoms with Crippen molar-refractivity contribution in [2.75, 3.05) is 49.9 Å². The molecule has 1 fully saturated rings. The number of carbonyl (C=O) groups excluding carboxylic acids is 1. The fourth-order valence-corrected chi connectivity index (χ4v) is 5.67. The van der Waals surface area contributed by atoms with Crippen LogP contribution >= 0.6 is 23.1 Å². The van der Waals surface area contributed by atoms with Gasteiger partial charge in [-0.25, -0.2) is 4.98 Å². The van der Waals surface area contributed by atoms with Crippen LogP contribution in [0.15, 0.2) is 47.4 Å². The number of rotatable bonds is 7. The normalized spacial score (nSPS) is 14.9. The van der Waals surface area contributed by atoms with Gasteiger partial charge in [-0.05, 0) is 43.2 Å². The largest absolute Gasteiger partial charge is 0.354 e. The van der Waals surface area contributed by atoms with Crippen LogP contribution in [-0.2, 0) is 4.79 Å². The first-order chi connectivity index (χ1) is 14.6. The van der Waals surface area contributed by atoms with Crippen molar-refractivity contribution < 1.29 is 4.79 Å². The molecule has 7 heteroatoms. The number of thioether (sulfide) groups is 1. The Bertz CT molecular complexity index is 997. The van der Waals surface area contributed by atoms with Gasteiger partial charge in [-0.15, -0.1) is 11.8 Å². The second-order valence-electron chi connectivity index (χ2n) is 7.71. The van der Waals surface area contributed by atoms with Crippen molar-refractivity contribution in [1.82, 2.24) is 15.2 Å². The highest BCUT2D eigenvalue weighted by atomic mass is 32.2. The Morgan fingerprint density at radius 3 is 2.67 bits per heavy atom. The molecule has 0 spiro atoms. The lowest BCUT2D eigenvalue weighted by atomic mass is 10.1. The lowest BCUT2D eigenvalue weighted by molar-refractivity contribution is -0.118. The molecule has 1 aromatic heterocycles. The predicted molar refractivity (Wildman–Crippen MR) is 128 cm³/mol. The van der Waals surface area contributed by atoms with E-state index in [2.05, 4.69) is 41.1 Å². The zero-order chi connectivity index (χ0) is 20.9. The molecule has 1 aliphatic rings. The number of hydrogen-bond acceptors (Lipinski definition) is 6. The molecule has 4 rings (SSSR count). The summed E-state index contributed by atoms with van der Waals surface area (Å²) >= 11 is 3.37. The topological polar surface area (TPSA) is 48.5 Å². The third-order valence-corrected chi connectivity index (χ3v) is 7.40. The van der Waals surface area contributed by atoms with Crippen molar-refractivity contribution in [3.05, 3.63) is 53.6 Å². The summed E-state index contributed by atoms with van der Waals surface area (Å²) in [5.74, 6) is 0.566. The van der Waals surface area contributed by atoms with Crippen LogP contribution < -0.4 is 10.2 Å². The van der Waals surface area contributed by atoms with Crippen molar-refractivity contribution in [3.8, 4) is 0 Å². The predicted octanol–water partition coefficient (Wildman–Crippen LogP) is 3.94. The molecule has 0 radical (unpaired) electrons. The Morgan fingerprint density at radius 1 is 1.13 bits per heavy atom. The van der Waals surface area contributed by atoms with E-state index < -0.39 is 0 Å². The van der Waals surface area contributed by atoms with Crippen LogP contribution in [0.1, 0.15) is 11.1 Å². The Balaban J connectivity index is 1.19. The van der Waals surface area contributed by atoms with Crippen LogP contribution in [0.25, 0.3) is 10.2 Å². The molecule has 2 heterocycles. The van der Waals surface area contributed by atoms with Crippen LogP contribution in [0.3, 0.4) is 0 Å². The standard InChI is InChI=1S/C23H28N4OS2/c1-17-14-18(2)22-20(15-17)30-23(25-22)27-12-10-26(11-13-27)9-8-24-21(28)16-29-19-6-4-3-5-7-19/h3-7,14-15H,8-13,16H2,1-2H3,(H,24,28).